The molecule has 1 aromatic rings. The van der Waals surface area contributed by atoms with Crippen molar-refractivity contribution in [2.24, 2.45) is 0 Å². The molecule has 0 aliphatic heterocycles. The summed E-state index contributed by atoms with van der Waals surface area (Å²) >= 11 is 0. The zero-order chi connectivity index (χ0) is 15.5. The minimum absolute atomic E-state index is 0.0865. The molecule has 0 atom stereocenters. The van der Waals surface area contributed by atoms with Crippen LogP contribution >= 0.6 is 0 Å². The molecule has 1 amide bonds. The number of carbonyl (C=O) groups is 2. The minimum Gasteiger partial charge on any atom is -0.465 e. The molecule has 21 heavy (non-hydrogen) atoms. The fraction of sp³-hybridized carbons (Fsp3) is 0.500. The largest absolute Gasteiger partial charge is 0.465 e. The van der Waals surface area contributed by atoms with E-state index in [1.54, 1.807) is 11.8 Å². The van der Waals surface area contributed by atoms with Gasteiger partial charge in [0.2, 0.25) is 5.91 Å². The molecule has 1 N–H and O–H groups in total. The van der Waals surface area contributed by atoms with E-state index in [4.69, 9.17) is 4.74 Å². The van der Waals surface area contributed by atoms with Gasteiger partial charge >= 0.3 is 5.97 Å². The molecule has 0 saturated carbocycles. The second-order valence-electron chi connectivity index (χ2n) is 4.78. The highest BCUT2D eigenvalue weighted by atomic mass is 16.5. The van der Waals surface area contributed by atoms with Crippen molar-refractivity contribution in [1.29, 1.82) is 0 Å². The summed E-state index contributed by atoms with van der Waals surface area (Å²) < 4.78 is 4.92. The fourth-order valence-corrected chi connectivity index (χ4v) is 1.97. The Hall–Kier alpha value is -1.88. The zero-order valence-corrected chi connectivity index (χ0v) is 12.8. The van der Waals surface area contributed by atoms with Crippen molar-refractivity contribution >= 4 is 11.9 Å². The molecule has 1 aromatic carbocycles. The van der Waals surface area contributed by atoms with Crippen molar-refractivity contribution in [3.8, 4) is 0 Å². The average Bonchev–Trinajstić information content (AvgIpc) is 2.46. The number of hydrogen-bond donors (Lipinski definition) is 1. The summed E-state index contributed by atoms with van der Waals surface area (Å²) in [6, 6.07) is 9.73. The first-order valence-electron chi connectivity index (χ1n) is 7.34. The molecule has 0 saturated heterocycles. The standard InChI is InChI=1S/C16H24N2O3/c1-3-10-18(13-16(20)21-4-2)12-15(19)17-11-14-8-6-5-7-9-14/h5-9H,3-4,10-13H2,1-2H3,(H,17,19). The van der Waals surface area contributed by atoms with Crippen LogP contribution in [0.3, 0.4) is 0 Å². The van der Waals surface area contributed by atoms with Crippen LogP contribution in [-0.2, 0) is 20.9 Å². The lowest BCUT2D eigenvalue weighted by atomic mass is 10.2. The van der Waals surface area contributed by atoms with Gasteiger partial charge in [0.1, 0.15) is 0 Å². The quantitative estimate of drug-likeness (QED) is 0.702. The summed E-state index contributed by atoms with van der Waals surface area (Å²) in [6.45, 7) is 5.70. The molecule has 0 spiro atoms. The maximum atomic E-state index is 11.9. The molecular weight excluding hydrogens is 268 g/mol. The van der Waals surface area contributed by atoms with E-state index >= 15 is 0 Å². The van der Waals surface area contributed by atoms with Gasteiger partial charge in [0, 0.05) is 6.54 Å². The predicted octanol–water partition coefficient (Wildman–Crippen LogP) is 1.58. The van der Waals surface area contributed by atoms with E-state index in [9.17, 15) is 9.59 Å². The van der Waals surface area contributed by atoms with Crippen molar-refractivity contribution in [2.45, 2.75) is 26.8 Å². The van der Waals surface area contributed by atoms with Crippen LogP contribution in [0, 0.1) is 0 Å². The Balaban J connectivity index is 2.39. The lowest BCUT2D eigenvalue weighted by Crippen LogP contribution is -2.40. The van der Waals surface area contributed by atoms with Gasteiger partial charge in [-0.25, -0.2) is 0 Å². The fourth-order valence-electron chi connectivity index (χ4n) is 1.97. The Bertz CT molecular complexity index is 434. The third kappa shape index (κ3) is 7.46. The van der Waals surface area contributed by atoms with Gasteiger partial charge in [0.05, 0.1) is 19.7 Å². The molecule has 0 unspecified atom stereocenters. The number of ether oxygens (including phenoxy) is 1. The third-order valence-electron chi connectivity index (χ3n) is 2.90. The monoisotopic (exact) mass is 292 g/mol. The van der Waals surface area contributed by atoms with Crippen LogP contribution in [0.4, 0.5) is 0 Å². The molecule has 0 aliphatic rings. The van der Waals surface area contributed by atoms with E-state index in [-0.39, 0.29) is 25.0 Å². The number of esters is 1. The van der Waals surface area contributed by atoms with Gasteiger partial charge in [-0.2, -0.15) is 0 Å². The Kier molecular flexibility index (Phi) is 8.12. The van der Waals surface area contributed by atoms with Crippen molar-refractivity contribution in [3.63, 3.8) is 0 Å². The van der Waals surface area contributed by atoms with E-state index < -0.39 is 0 Å². The Morgan fingerprint density at radius 3 is 2.48 bits per heavy atom. The summed E-state index contributed by atoms with van der Waals surface area (Å²) in [6.07, 6.45) is 0.880. The second-order valence-corrected chi connectivity index (χ2v) is 4.78. The molecule has 0 heterocycles. The maximum Gasteiger partial charge on any atom is 0.320 e. The molecule has 0 bridgehead atoms. The SMILES string of the molecule is CCCN(CC(=O)NCc1ccccc1)CC(=O)OCC. The predicted molar refractivity (Wildman–Crippen MR) is 81.7 cm³/mol. The van der Waals surface area contributed by atoms with E-state index in [1.165, 1.54) is 0 Å². The van der Waals surface area contributed by atoms with E-state index in [0.29, 0.717) is 19.7 Å². The summed E-state index contributed by atoms with van der Waals surface area (Å²) in [5.74, 6) is -0.376. The molecule has 1 rings (SSSR count). The number of hydrogen-bond acceptors (Lipinski definition) is 4. The number of nitrogens with one attached hydrogen (secondary N) is 1. The summed E-state index contributed by atoms with van der Waals surface area (Å²) in [4.78, 5) is 25.2. The second kappa shape index (κ2) is 9.94. The average molecular weight is 292 g/mol. The molecule has 0 fully saturated rings. The Labute approximate surface area is 126 Å². The van der Waals surface area contributed by atoms with Crippen LogP contribution in [0.25, 0.3) is 0 Å². The number of benzene rings is 1. The maximum absolute atomic E-state index is 11.9. The topological polar surface area (TPSA) is 58.6 Å². The summed E-state index contributed by atoms with van der Waals surface area (Å²) in [7, 11) is 0. The van der Waals surface area contributed by atoms with Gasteiger partial charge in [0.15, 0.2) is 0 Å². The first-order chi connectivity index (χ1) is 10.2. The van der Waals surface area contributed by atoms with Gasteiger partial charge in [-0.05, 0) is 25.5 Å². The number of rotatable bonds is 9. The van der Waals surface area contributed by atoms with Gasteiger partial charge in [-0.3, -0.25) is 14.5 Å². The summed E-state index contributed by atoms with van der Waals surface area (Å²) in [5.41, 5.74) is 1.05. The molecule has 0 aromatic heterocycles. The highest BCUT2D eigenvalue weighted by Crippen LogP contribution is 1.98. The van der Waals surface area contributed by atoms with Gasteiger partial charge in [0.25, 0.3) is 0 Å². The van der Waals surface area contributed by atoms with Crippen LogP contribution in [0.2, 0.25) is 0 Å². The first-order valence-corrected chi connectivity index (χ1v) is 7.34. The van der Waals surface area contributed by atoms with E-state index in [2.05, 4.69) is 5.32 Å². The highest BCUT2D eigenvalue weighted by molar-refractivity contribution is 5.79. The minimum atomic E-state index is -0.290. The zero-order valence-electron chi connectivity index (χ0n) is 12.8. The molecular formula is C16H24N2O3. The van der Waals surface area contributed by atoms with Crippen molar-refractivity contribution < 1.29 is 14.3 Å². The number of nitrogens with zero attached hydrogens (tertiary/aromatic N) is 1. The van der Waals surface area contributed by atoms with Crippen molar-refractivity contribution in [2.75, 3.05) is 26.2 Å². The van der Waals surface area contributed by atoms with Gasteiger partial charge in [-0.15, -0.1) is 0 Å². The van der Waals surface area contributed by atoms with E-state index in [0.717, 1.165) is 12.0 Å². The van der Waals surface area contributed by atoms with Crippen LogP contribution in [-0.4, -0.2) is 43.0 Å². The van der Waals surface area contributed by atoms with Crippen molar-refractivity contribution in [1.82, 2.24) is 10.2 Å². The van der Waals surface area contributed by atoms with Crippen LogP contribution in [0.1, 0.15) is 25.8 Å². The van der Waals surface area contributed by atoms with E-state index in [1.807, 2.05) is 37.3 Å². The smallest absolute Gasteiger partial charge is 0.320 e. The molecule has 5 nitrogen and oxygen atoms in total. The van der Waals surface area contributed by atoms with Crippen molar-refractivity contribution in [3.05, 3.63) is 35.9 Å². The number of carbonyl (C=O) groups excluding carboxylic acids is 2. The lowest BCUT2D eigenvalue weighted by Gasteiger charge is -2.20. The third-order valence-corrected chi connectivity index (χ3v) is 2.90. The Morgan fingerprint density at radius 2 is 1.86 bits per heavy atom. The van der Waals surface area contributed by atoms with Gasteiger partial charge in [-0.1, -0.05) is 37.3 Å². The first kappa shape index (κ1) is 17.2. The lowest BCUT2D eigenvalue weighted by molar-refractivity contribution is -0.144. The van der Waals surface area contributed by atoms with Gasteiger partial charge < -0.3 is 10.1 Å². The molecule has 0 aliphatic carbocycles. The summed E-state index contributed by atoms with van der Waals surface area (Å²) in [5, 5.41) is 2.86. The van der Waals surface area contributed by atoms with Crippen LogP contribution in [0.15, 0.2) is 30.3 Å². The van der Waals surface area contributed by atoms with Crippen LogP contribution < -0.4 is 5.32 Å². The molecule has 0 radical (unpaired) electrons. The normalized spacial score (nSPS) is 10.4. The Morgan fingerprint density at radius 1 is 1.14 bits per heavy atom. The molecule has 116 valence electrons. The number of amides is 1. The highest BCUT2D eigenvalue weighted by Gasteiger charge is 2.14. The molecule has 5 heteroatoms. The van der Waals surface area contributed by atoms with Crippen LogP contribution in [0.5, 0.6) is 0 Å².